The van der Waals surface area contributed by atoms with Gasteiger partial charge in [0.2, 0.25) is 0 Å². The second-order valence-electron chi connectivity index (χ2n) is 1.59. The largest absolute Gasteiger partial charge is 0.265 e. The van der Waals surface area contributed by atoms with Crippen LogP contribution in [0.5, 0.6) is 0 Å². The van der Waals surface area contributed by atoms with Crippen LogP contribution < -0.4 is 5.30 Å². The molecule has 1 heterocycles. The summed E-state index contributed by atoms with van der Waals surface area (Å²) in [6.45, 7) is 2.04. The average molecular weight is 137 g/mol. The molecule has 0 atom stereocenters. The highest BCUT2D eigenvalue weighted by atomic mass is 31.1. The van der Waals surface area contributed by atoms with E-state index in [9.17, 15) is 0 Å². The molecule has 0 aliphatic carbocycles. The third-order valence-electron chi connectivity index (χ3n) is 0.941. The minimum absolute atomic E-state index is 1.27. The molecule has 1 nitrogen and oxygen atoms in total. The van der Waals surface area contributed by atoms with Gasteiger partial charge in [-0.2, -0.15) is 0 Å². The van der Waals surface area contributed by atoms with E-state index in [-0.39, 0.29) is 0 Å². The lowest BCUT2D eigenvalue weighted by molar-refractivity contribution is 1.34. The van der Waals surface area contributed by atoms with Gasteiger partial charge in [0.15, 0.2) is 0 Å². The highest BCUT2D eigenvalue weighted by molar-refractivity contribution is 7.47. The molecule has 46 valence electrons. The Labute approximate surface area is 56.6 Å². The van der Waals surface area contributed by atoms with Gasteiger partial charge < -0.3 is 0 Å². The molecule has 0 bridgehead atoms. The van der Waals surface area contributed by atoms with Gasteiger partial charge in [-0.3, -0.25) is 4.98 Å². The fourth-order valence-electron chi connectivity index (χ4n) is 0.579. The standard InChI is InChI=1S/C7H8NP/c1-2-9-7-3-5-8-6-4-7/h2-6H,1H3. The zero-order valence-corrected chi connectivity index (χ0v) is 6.18. The molecule has 0 amide bonds. The second-order valence-corrected chi connectivity index (χ2v) is 2.88. The van der Waals surface area contributed by atoms with Crippen LogP contribution in [-0.2, 0) is 0 Å². The van der Waals surface area contributed by atoms with Crippen LogP contribution in [0.25, 0.3) is 0 Å². The predicted octanol–water partition coefficient (Wildman–Crippen LogP) is 1.48. The van der Waals surface area contributed by atoms with Crippen LogP contribution in [0.4, 0.5) is 0 Å². The zero-order chi connectivity index (χ0) is 6.53. The molecule has 0 saturated carbocycles. The molecule has 0 saturated heterocycles. The number of aromatic nitrogens is 1. The molecule has 1 rings (SSSR count). The van der Waals surface area contributed by atoms with Gasteiger partial charge in [-0.15, -0.1) is 0 Å². The van der Waals surface area contributed by atoms with Gasteiger partial charge in [0.1, 0.15) is 0 Å². The Bertz CT molecular complexity index is 193. The van der Waals surface area contributed by atoms with Crippen molar-refractivity contribution in [3.8, 4) is 0 Å². The van der Waals surface area contributed by atoms with E-state index in [0.29, 0.717) is 0 Å². The summed E-state index contributed by atoms with van der Waals surface area (Å²) in [5, 5.41) is 1.30. The van der Waals surface area contributed by atoms with Crippen molar-refractivity contribution >= 4 is 19.3 Å². The smallest absolute Gasteiger partial charge is 0.0277 e. The lowest BCUT2D eigenvalue weighted by atomic mass is 10.5. The van der Waals surface area contributed by atoms with Crippen LogP contribution in [0.1, 0.15) is 6.92 Å². The minimum Gasteiger partial charge on any atom is -0.265 e. The van der Waals surface area contributed by atoms with E-state index < -0.39 is 0 Å². The molecule has 0 fully saturated rings. The first kappa shape index (κ1) is 6.44. The van der Waals surface area contributed by atoms with Gasteiger partial charge in [-0.1, -0.05) is 14.0 Å². The van der Waals surface area contributed by atoms with Crippen molar-refractivity contribution in [1.82, 2.24) is 4.98 Å². The molecule has 2 heteroatoms. The Morgan fingerprint density at radius 2 is 2.11 bits per heavy atom. The van der Waals surface area contributed by atoms with Gasteiger partial charge in [0, 0.05) is 17.7 Å². The van der Waals surface area contributed by atoms with E-state index in [1.165, 1.54) is 13.5 Å². The van der Waals surface area contributed by atoms with Gasteiger partial charge in [0.25, 0.3) is 0 Å². The molecule has 0 aromatic carbocycles. The maximum Gasteiger partial charge on any atom is 0.0277 e. The van der Waals surface area contributed by atoms with Crippen LogP contribution >= 0.6 is 8.20 Å². The summed E-state index contributed by atoms with van der Waals surface area (Å²) in [6.07, 6.45) is 3.62. The van der Waals surface area contributed by atoms with Crippen LogP contribution in [0.15, 0.2) is 24.5 Å². The number of hydrogen-bond acceptors (Lipinski definition) is 1. The molecular weight excluding hydrogens is 129 g/mol. The zero-order valence-electron chi connectivity index (χ0n) is 5.28. The van der Waals surface area contributed by atoms with Crippen LogP contribution in [0.3, 0.4) is 0 Å². The Kier molecular flexibility index (Phi) is 2.41. The second kappa shape index (κ2) is 3.37. The number of pyridine rings is 1. The SMILES string of the molecule is C/C=P/c1ccncc1. The predicted molar refractivity (Wildman–Crippen MR) is 42.5 cm³/mol. The van der Waals surface area contributed by atoms with Gasteiger partial charge in [-0.05, 0) is 19.1 Å². The first-order valence-corrected chi connectivity index (χ1v) is 3.78. The topological polar surface area (TPSA) is 12.9 Å². The minimum atomic E-state index is 1.27. The van der Waals surface area contributed by atoms with Crippen LogP contribution in [0.2, 0.25) is 0 Å². The summed E-state index contributed by atoms with van der Waals surface area (Å²) in [5.41, 5.74) is 0. The van der Waals surface area contributed by atoms with Gasteiger partial charge >= 0.3 is 0 Å². The van der Waals surface area contributed by atoms with E-state index in [2.05, 4.69) is 10.8 Å². The van der Waals surface area contributed by atoms with E-state index in [1.807, 2.05) is 31.5 Å². The molecule has 0 spiro atoms. The van der Waals surface area contributed by atoms with Gasteiger partial charge in [-0.25, -0.2) is 0 Å². The number of hydrogen-bond donors (Lipinski definition) is 0. The van der Waals surface area contributed by atoms with E-state index in [4.69, 9.17) is 0 Å². The molecule has 0 aliphatic heterocycles. The highest BCUT2D eigenvalue weighted by Crippen LogP contribution is 1.92. The monoisotopic (exact) mass is 137 g/mol. The summed E-state index contributed by atoms with van der Waals surface area (Å²) >= 11 is 0. The third-order valence-corrected chi connectivity index (χ3v) is 1.80. The fourth-order valence-corrected chi connectivity index (χ4v) is 1.18. The number of nitrogens with zero attached hydrogens (tertiary/aromatic N) is 1. The van der Waals surface area contributed by atoms with Crippen LogP contribution in [-0.4, -0.2) is 10.8 Å². The maximum absolute atomic E-state index is 3.91. The molecule has 1 aromatic rings. The summed E-state index contributed by atoms with van der Waals surface area (Å²) in [7, 11) is 1.27. The maximum atomic E-state index is 3.91. The van der Waals surface area contributed by atoms with Gasteiger partial charge in [0.05, 0.1) is 0 Å². The van der Waals surface area contributed by atoms with E-state index in [0.717, 1.165) is 0 Å². The van der Waals surface area contributed by atoms with Crippen molar-refractivity contribution in [2.24, 2.45) is 0 Å². The highest BCUT2D eigenvalue weighted by Gasteiger charge is 1.79. The summed E-state index contributed by atoms with van der Waals surface area (Å²) in [6, 6.07) is 4.03. The normalized spacial score (nSPS) is 10.3. The van der Waals surface area contributed by atoms with Crippen molar-refractivity contribution in [2.45, 2.75) is 6.92 Å². The molecule has 0 unspecified atom stereocenters. The molecule has 9 heavy (non-hydrogen) atoms. The fraction of sp³-hybridized carbons (Fsp3) is 0.143. The summed E-state index contributed by atoms with van der Waals surface area (Å²) in [5.74, 6) is 2.11. The van der Waals surface area contributed by atoms with Crippen molar-refractivity contribution in [3.05, 3.63) is 24.5 Å². The Hall–Kier alpha value is -0.680. The Morgan fingerprint density at radius 1 is 1.44 bits per heavy atom. The van der Waals surface area contributed by atoms with Crippen molar-refractivity contribution < 1.29 is 0 Å². The lowest BCUT2D eigenvalue weighted by Gasteiger charge is -1.85. The summed E-state index contributed by atoms with van der Waals surface area (Å²) in [4.78, 5) is 3.91. The summed E-state index contributed by atoms with van der Waals surface area (Å²) < 4.78 is 0. The first-order chi connectivity index (χ1) is 4.43. The third kappa shape index (κ3) is 1.95. The van der Waals surface area contributed by atoms with Crippen molar-refractivity contribution in [3.63, 3.8) is 0 Å². The van der Waals surface area contributed by atoms with E-state index in [1.54, 1.807) is 0 Å². The molecule has 0 radical (unpaired) electrons. The Balaban J connectivity index is 2.85. The lowest BCUT2D eigenvalue weighted by Crippen LogP contribution is -1.88. The van der Waals surface area contributed by atoms with E-state index >= 15 is 0 Å². The average Bonchev–Trinajstić information content (AvgIpc) is 1.91. The molecule has 1 aromatic heterocycles. The van der Waals surface area contributed by atoms with Crippen LogP contribution in [0, 0.1) is 0 Å². The quantitative estimate of drug-likeness (QED) is 0.534. The molecule has 0 N–H and O–H groups in total. The molecular formula is C7H8NP. The van der Waals surface area contributed by atoms with Crippen molar-refractivity contribution in [1.29, 1.82) is 0 Å². The Morgan fingerprint density at radius 3 is 2.67 bits per heavy atom. The molecule has 0 aliphatic rings. The first-order valence-electron chi connectivity index (χ1n) is 2.82. The van der Waals surface area contributed by atoms with Crippen molar-refractivity contribution in [2.75, 3.05) is 0 Å². The number of rotatable bonds is 1.